The smallest absolute Gasteiger partial charge is 0.179 e. The van der Waals surface area contributed by atoms with Crippen molar-refractivity contribution in [3.05, 3.63) is 35.6 Å². The number of hydrogen-bond acceptors (Lipinski definition) is 3. The van der Waals surface area contributed by atoms with E-state index in [4.69, 9.17) is 5.26 Å². The molecular weight excluding hydrogens is 231 g/mol. The second kappa shape index (κ2) is 6.87. The molecule has 0 aliphatic carbocycles. The number of likely N-dealkylation sites (N-methyl/N-ethyl adjacent to an activating group) is 1. The molecule has 0 radical (unpaired) electrons. The molecule has 1 aromatic carbocycles. The number of nitriles is 1. The molecule has 0 aliphatic heterocycles. The topological polar surface area (TPSA) is 44.1 Å². The molecule has 3 nitrogen and oxygen atoms in total. The number of rotatable bonds is 6. The minimum Gasteiger partial charge on any atom is -0.293 e. The van der Waals surface area contributed by atoms with Crippen molar-refractivity contribution in [2.24, 2.45) is 0 Å². The molecule has 0 aromatic heterocycles. The van der Waals surface area contributed by atoms with Gasteiger partial charge in [-0.25, -0.2) is 4.39 Å². The minimum absolute atomic E-state index is 0.0465. The van der Waals surface area contributed by atoms with E-state index in [1.165, 1.54) is 24.3 Å². The average Bonchev–Trinajstić information content (AvgIpc) is 2.39. The Morgan fingerprint density at radius 2 is 2.06 bits per heavy atom. The normalized spacial score (nSPS) is 12.2. The highest BCUT2D eigenvalue weighted by atomic mass is 19.1. The molecule has 0 saturated carbocycles. The highest BCUT2D eigenvalue weighted by molar-refractivity contribution is 5.99. The van der Waals surface area contributed by atoms with Crippen molar-refractivity contribution in [1.29, 1.82) is 5.26 Å². The van der Waals surface area contributed by atoms with Gasteiger partial charge in [0.15, 0.2) is 5.78 Å². The third kappa shape index (κ3) is 3.64. The van der Waals surface area contributed by atoms with E-state index >= 15 is 0 Å². The molecule has 0 aliphatic rings. The standard InChI is InChI=1S/C14H17FN2O/c1-3-17(10-4-9-16)11(2)14(18)12-5-7-13(15)8-6-12/h5-8,11H,3-4,10H2,1-2H3. The lowest BCUT2D eigenvalue weighted by Crippen LogP contribution is -2.39. The van der Waals surface area contributed by atoms with Crippen LogP contribution in [0.2, 0.25) is 0 Å². The van der Waals surface area contributed by atoms with Crippen LogP contribution >= 0.6 is 0 Å². The van der Waals surface area contributed by atoms with Crippen LogP contribution in [-0.2, 0) is 0 Å². The predicted molar refractivity (Wildman–Crippen MR) is 67.7 cm³/mol. The fourth-order valence-electron chi connectivity index (χ4n) is 1.84. The molecule has 0 heterocycles. The molecular formula is C14H17FN2O. The Bertz CT molecular complexity index is 436. The summed E-state index contributed by atoms with van der Waals surface area (Å²) in [4.78, 5) is 14.1. The molecule has 1 aromatic rings. The van der Waals surface area contributed by atoms with Crippen molar-refractivity contribution in [3.63, 3.8) is 0 Å². The zero-order valence-corrected chi connectivity index (χ0v) is 10.7. The van der Waals surface area contributed by atoms with Crippen LogP contribution in [0.25, 0.3) is 0 Å². The van der Waals surface area contributed by atoms with Gasteiger partial charge in [0.25, 0.3) is 0 Å². The van der Waals surface area contributed by atoms with Gasteiger partial charge in [0, 0.05) is 18.5 Å². The van der Waals surface area contributed by atoms with Gasteiger partial charge in [0.1, 0.15) is 5.82 Å². The third-order valence-electron chi connectivity index (χ3n) is 2.97. The Kier molecular flexibility index (Phi) is 5.47. The Hall–Kier alpha value is -1.73. The van der Waals surface area contributed by atoms with Crippen LogP contribution in [0.5, 0.6) is 0 Å². The zero-order chi connectivity index (χ0) is 13.5. The van der Waals surface area contributed by atoms with Crippen LogP contribution in [-0.4, -0.2) is 29.8 Å². The molecule has 0 amide bonds. The Morgan fingerprint density at radius 1 is 1.44 bits per heavy atom. The molecule has 0 spiro atoms. The summed E-state index contributed by atoms with van der Waals surface area (Å²) in [6, 6.07) is 7.32. The van der Waals surface area contributed by atoms with E-state index in [1.54, 1.807) is 0 Å². The summed E-state index contributed by atoms with van der Waals surface area (Å²) in [5.74, 6) is -0.397. The van der Waals surface area contributed by atoms with Gasteiger partial charge in [-0.1, -0.05) is 6.92 Å². The van der Waals surface area contributed by atoms with Crippen LogP contribution in [0, 0.1) is 17.1 Å². The largest absolute Gasteiger partial charge is 0.293 e. The summed E-state index contributed by atoms with van der Waals surface area (Å²) in [5.41, 5.74) is 0.499. The number of ketones is 1. The number of carbonyl (C=O) groups excluding carboxylic acids is 1. The van der Waals surface area contributed by atoms with E-state index < -0.39 is 0 Å². The van der Waals surface area contributed by atoms with Gasteiger partial charge < -0.3 is 0 Å². The van der Waals surface area contributed by atoms with Crippen LogP contribution in [0.1, 0.15) is 30.6 Å². The van der Waals surface area contributed by atoms with Gasteiger partial charge in [-0.2, -0.15) is 5.26 Å². The first-order valence-electron chi connectivity index (χ1n) is 6.01. The van der Waals surface area contributed by atoms with Gasteiger partial charge in [0.05, 0.1) is 12.1 Å². The average molecular weight is 248 g/mol. The van der Waals surface area contributed by atoms with E-state index in [0.717, 1.165) is 0 Å². The third-order valence-corrected chi connectivity index (χ3v) is 2.97. The van der Waals surface area contributed by atoms with Gasteiger partial charge in [-0.05, 0) is 37.7 Å². The van der Waals surface area contributed by atoms with Gasteiger partial charge in [0.2, 0.25) is 0 Å². The van der Waals surface area contributed by atoms with Crippen molar-refractivity contribution in [1.82, 2.24) is 4.90 Å². The van der Waals surface area contributed by atoms with E-state index in [2.05, 4.69) is 6.07 Å². The number of benzene rings is 1. The zero-order valence-electron chi connectivity index (χ0n) is 10.7. The second-order valence-corrected chi connectivity index (χ2v) is 4.08. The summed E-state index contributed by atoms with van der Waals surface area (Å²) < 4.78 is 12.8. The van der Waals surface area contributed by atoms with Crippen LogP contribution in [0.4, 0.5) is 4.39 Å². The lowest BCUT2D eigenvalue weighted by Gasteiger charge is -2.25. The van der Waals surface area contributed by atoms with Gasteiger partial charge in [-0.3, -0.25) is 9.69 Å². The first kappa shape index (κ1) is 14.3. The van der Waals surface area contributed by atoms with Crippen molar-refractivity contribution < 1.29 is 9.18 Å². The number of Topliss-reactive ketones (excluding diaryl/α,β-unsaturated/α-hetero) is 1. The van der Waals surface area contributed by atoms with Crippen LogP contribution in [0.15, 0.2) is 24.3 Å². The highest BCUT2D eigenvalue weighted by Gasteiger charge is 2.20. The fraction of sp³-hybridized carbons (Fsp3) is 0.429. The first-order chi connectivity index (χ1) is 8.60. The first-order valence-corrected chi connectivity index (χ1v) is 6.01. The lowest BCUT2D eigenvalue weighted by atomic mass is 10.0. The predicted octanol–water partition coefficient (Wildman–Crippen LogP) is 2.63. The van der Waals surface area contributed by atoms with Crippen molar-refractivity contribution in [2.75, 3.05) is 13.1 Å². The summed E-state index contributed by atoms with van der Waals surface area (Å²) >= 11 is 0. The molecule has 18 heavy (non-hydrogen) atoms. The number of nitrogens with zero attached hydrogens (tertiary/aromatic N) is 2. The number of halogens is 1. The molecule has 1 unspecified atom stereocenters. The maximum absolute atomic E-state index is 12.8. The molecule has 0 saturated heterocycles. The summed E-state index contributed by atoms with van der Waals surface area (Å²) in [6.45, 7) is 5.04. The number of hydrogen-bond donors (Lipinski definition) is 0. The molecule has 0 bridgehead atoms. The SMILES string of the molecule is CCN(CCC#N)C(C)C(=O)c1ccc(F)cc1. The Morgan fingerprint density at radius 3 is 2.56 bits per heavy atom. The molecule has 0 fully saturated rings. The molecule has 96 valence electrons. The molecule has 0 N–H and O–H groups in total. The maximum atomic E-state index is 12.8. The lowest BCUT2D eigenvalue weighted by molar-refractivity contribution is 0.0847. The van der Waals surface area contributed by atoms with E-state index in [9.17, 15) is 9.18 Å². The van der Waals surface area contributed by atoms with Crippen molar-refractivity contribution >= 4 is 5.78 Å². The quantitative estimate of drug-likeness (QED) is 0.727. The summed E-state index contributed by atoms with van der Waals surface area (Å²) in [7, 11) is 0. The summed E-state index contributed by atoms with van der Waals surface area (Å²) in [6.07, 6.45) is 0.398. The van der Waals surface area contributed by atoms with E-state index in [-0.39, 0.29) is 17.6 Å². The highest BCUT2D eigenvalue weighted by Crippen LogP contribution is 2.10. The second-order valence-electron chi connectivity index (χ2n) is 4.08. The number of carbonyl (C=O) groups is 1. The molecule has 1 rings (SSSR count). The van der Waals surface area contributed by atoms with Crippen LogP contribution < -0.4 is 0 Å². The molecule has 4 heteroatoms. The van der Waals surface area contributed by atoms with Gasteiger partial charge in [-0.15, -0.1) is 0 Å². The van der Waals surface area contributed by atoms with Gasteiger partial charge >= 0.3 is 0 Å². The van der Waals surface area contributed by atoms with E-state index in [0.29, 0.717) is 25.1 Å². The van der Waals surface area contributed by atoms with Crippen LogP contribution in [0.3, 0.4) is 0 Å². The minimum atomic E-state index is -0.351. The fourth-order valence-corrected chi connectivity index (χ4v) is 1.84. The van der Waals surface area contributed by atoms with E-state index in [1.807, 2.05) is 18.7 Å². The summed E-state index contributed by atoms with van der Waals surface area (Å²) in [5, 5.41) is 8.58. The van der Waals surface area contributed by atoms with Crippen molar-refractivity contribution in [3.8, 4) is 6.07 Å². The maximum Gasteiger partial charge on any atom is 0.179 e. The Balaban J connectivity index is 2.76. The monoisotopic (exact) mass is 248 g/mol. The van der Waals surface area contributed by atoms with Crippen molar-refractivity contribution in [2.45, 2.75) is 26.3 Å². The Labute approximate surface area is 107 Å². The molecule has 1 atom stereocenters.